The number of nitrogens with zero attached hydrogens (tertiary/aromatic N) is 1. The normalized spacial score (nSPS) is 39.7. The van der Waals surface area contributed by atoms with Gasteiger partial charge in [0.2, 0.25) is 0 Å². The van der Waals surface area contributed by atoms with E-state index in [-0.39, 0.29) is 0 Å². The lowest BCUT2D eigenvalue weighted by Gasteiger charge is -2.41. The Hall–Kier alpha value is -0.0800. The number of hydrogen-bond acceptors (Lipinski definition) is 2. The van der Waals surface area contributed by atoms with Gasteiger partial charge in [-0.2, -0.15) is 0 Å². The summed E-state index contributed by atoms with van der Waals surface area (Å²) in [4.78, 5) is 2.77. The molecule has 0 aromatic rings. The third-order valence-electron chi connectivity index (χ3n) is 4.66. The van der Waals surface area contributed by atoms with Crippen LogP contribution in [0.3, 0.4) is 0 Å². The summed E-state index contributed by atoms with van der Waals surface area (Å²) in [5.74, 6) is 1.84. The van der Waals surface area contributed by atoms with Crippen molar-refractivity contribution in [1.82, 2.24) is 10.2 Å². The van der Waals surface area contributed by atoms with Crippen molar-refractivity contribution in [2.24, 2.45) is 11.8 Å². The Morgan fingerprint density at radius 1 is 1.12 bits per heavy atom. The standard InChI is InChI=1S/C15H30N2/c1-4-8-16-14-6-5-12(2)10-15(14)17-9-7-13(3)11-17/h12-16H,4-11H2,1-3H3. The molecule has 0 radical (unpaired) electrons. The highest BCUT2D eigenvalue weighted by molar-refractivity contribution is 4.92. The van der Waals surface area contributed by atoms with E-state index in [0.717, 1.165) is 23.9 Å². The second-order valence-corrected chi connectivity index (χ2v) is 6.43. The zero-order valence-electron chi connectivity index (χ0n) is 11.9. The Bertz CT molecular complexity index is 227. The molecule has 1 aliphatic carbocycles. The minimum atomic E-state index is 0.761. The van der Waals surface area contributed by atoms with Gasteiger partial charge in [-0.05, 0) is 57.0 Å². The molecule has 2 fully saturated rings. The summed E-state index contributed by atoms with van der Waals surface area (Å²) in [6.45, 7) is 11.0. The Kier molecular flexibility index (Phi) is 4.87. The quantitative estimate of drug-likeness (QED) is 0.810. The first kappa shape index (κ1) is 13.4. The first-order valence-electron chi connectivity index (χ1n) is 7.68. The van der Waals surface area contributed by atoms with Gasteiger partial charge < -0.3 is 5.32 Å². The number of likely N-dealkylation sites (tertiary alicyclic amines) is 1. The summed E-state index contributed by atoms with van der Waals surface area (Å²) >= 11 is 0. The molecule has 2 rings (SSSR count). The van der Waals surface area contributed by atoms with Crippen molar-refractivity contribution in [3.8, 4) is 0 Å². The van der Waals surface area contributed by atoms with E-state index >= 15 is 0 Å². The van der Waals surface area contributed by atoms with E-state index in [4.69, 9.17) is 0 Å². The molecule has 0 spiro atoms. The van der Waals surface area contributed by atoms with Crippen molar-refractivity contribution in [2.45, 2.75) is 65.0 Å². The highest BCUT2D eigenvalue weighted by Crippen LogP contribution is 2.31. The molecule has 1 aliphatic heterocycles. The van der Waals surface area contributed by atoms with Gasteiger partial charge in [-0.15, -0.1) is 0 Å². The van der Waals surface area contributed by atoms with Gasteiger partial charge in [0, 0.05) is 18.6 Å². The van der Waals surface area contributed by atoms with Crippen LogP contribution in [0.15, 0.2) is 0 Å². The fourth-order valence-electron chi connectivity index (χ4n) is 3.59. The second kappa shape index (κ2) is 6.19. The van der Waals surface area contributed by atoms with Crippen molar-refractivity contribution in [1.29, 1.82) is 0 Å². The molecule has 4 atom stereocenters. The molecule has 0 bridgehead atoms. The Labute approximate surface area is 107 Å². The molecule has 2 nitrogen and oxygen atoms in total. The zero-order chi connectivity index (χ0) is 12.3. The van der Waals surface area contributed by atoms with Crippen LogP contribution in [0.2, 0.25) is 0 Å². The highest BCUT2D eigenvalue weighted by Gasteiger charge is 2.35. The predicted molar refractivity (Wildman–Crippen MR) is 74.2 cm³/mol. The number of hydrogen-bond donors (Lipinski definition) is 1. The molecule has 1 saturated carbocycles. The van der Waals surface area contributed by atoms with E-state index in [2.05, 4.69) is 31.0 Å². The topological polar surface area (TPSA) is 15.3 Å². The second-order valence-electron chi connectivity index (χ2n) is 6.43. The lowest BCUT2D eigenvalue weighted by Crippen LogP contribution is -2.52. The number of nitrogens with one attached hydrogen (secondary N) is 1. The zero-order valence-corrected chi connectivity index (χ0v) is 11.9. The molecule has 0 aromatic carbocycles. The maximum Gasteiger partial charge on any atom is 0.0251 e. The summed E-state index contributed by atoms with van der Waals surface area (Å²) < 4.78 is 0. The summed E-state index contributed by atoms with van der Waals surface area (Å²) in [5.41, 5.74) is 0. The molecular formula is C15H30N2. The van der Waals surface area contributed by atoms with Crippen LogP contribution >= 0.6 is 0 Å². The summed E-state index contributed by atoms with van der Waals surface area (Å²) in [7, 11) is 0. The summed E-state index contributed by atoms with van der Waals surface area (Å²) in [5, 5.41) is 3.79. The summed E-state index contributed by atoms with van der Waals surface area (Å²) in [6.07, 6.45) is 6.88. The van der Waals surface area contributed by atoms with E-state index in [1.54, 1.807) is 0 Å². The van der Waals surface area contributed by atoms with E-state index in [0.29, 0.717) is 0 Å². The molecule has 4 unspecified atom stereocenters. The van der Waals surface area contributed by atoms with Crippen LogP contribution in [-0.4, -0.2) is 36.6 Å². The van der Waals surface area contributed by atoms with Gasteiger partial charge in [0.1, 0.15) is 0 Å². The van der Waals surface area contributed by atoms with Crippen LogP contribution in [0.25, 0.3) is 0 Å². The molecule has 0 aromatic heterocycles. The van der Waals surface area contributed by atoms with E-state index in [1.807, 2.05) is 0 Å². The Morgan fingerprint density at radius 3 is 2.59 bits per heavy atom. The third kappa shape index (κ3) is 3.45. The molecule has 2 aliphatic rings. The van der Waals surface area contributed by atoms with Gasteiger partial charge in [0.05, 0.1) is 0 Å². The van der Waals surface area contributed by atoms with Crippen LogP contribution in [0.1, 0.15) is 52.9 Å². The molecule has 1 heterocycles. The minimum Gasteiger partial charge on any atom is -0.312 e. The smallest absolute Gasteiger partial charge is 0.0251 e. The van der Waals surface area contributed by atoms with E-state index in [9.17, 15) is 0 Å². The van der Waals surface area contributed by atoms with Gasteiger partial charge in [-0.3, -0.25) is 4.90 Å². The number of rotatable bonds is 4. The van der Waals surface area contributed by atoms with Crippen LogP contribution in [0.4, 0.5) is 0 Å². The van der Waals surface area contributed by atoms with Gasteiger partial charge in [-0.1, -0.05) is 20.8 Å². The Morgan fingerprint density at radius 2 is 1.94 bits per heavy atom. The molecule has 0 amide bonds. The first-order chi connectivity index (χ1) is 8.20. The summed E-state index contributed by atoms with van der Waals surface area (Å²) in [6, 6.07) is 1.58. The van der Waals surface area contributed by atoms with Crippen LogP contribution in [0.5, 0.6) is 0 Å². The highest BCUT2D eigenvalue weighted by atomic mass is 15.2. The molecule has 17 heavy (non-hydrogen) atoms. The van der Waals surface area contributed by atoms with E-state index < -0.39 is 0 Å². The maximum absolute atomic E-state index is 3.79. The molecule has 100 valence electrons. The molecular weight excluding hydrogens is 208 g/mol. The minimum absolute atomic E-state index is 0.761. The average molecular weight is 238 g/mol. The van der Waals surface area contributed by atoms with Crippen LogP contribution in [0, 0.1) is 11.8 Å². The maximum atomic E-state index is 3.79. The van der Waals surface area contributed by atoms with Crippen LogP contribution < -0.4 is 5.32 Å². The monoisotopic (exact) mass is 238 g/mol. The van der Waals surface area contributed by atoms with Crippen molar-refractivity contribution >= 4 is 0 Å². The van der Waals surface area contributed by atoms with Crippen molar-refractivity contribution in [3.63, 3.8) is 0 Å². The SMILES string of the molecule is CCCNC1CCC(C)CC1N1CCC(C)C1. The van der Waals surface area contributed by atoms with Gasteiger partial charge in [0.25, 0.3) is 0 Å². The van der Waals surface area contributed by atoms with Crippen molar-refractivity contribution in [3.05, 3.63) is 0 Å². The molecule has 1 N–H and O–H groups in total. The van der Waals surface area contributed by atoms with E-state index in [1.165, 1.54) is 51.7 Å². The largest absolute Gasteiger partial charge is 0.312 e. The van der Waals surface area contributed by atoms with Crippen molar-refractivity contribution in [2.75, 3.05) is 19.6 Å². The molecule has 2 heteroatoms. The van der Waals surface area contributed by atoms with Gasteiger partial charge in [0.15, 0.2) is 0 Å². The fourth-order valence-corrected chi connectivity index (χ4v) is 3.59. The first-order valence-corrected chi connectivity index (χ1v) is 7.68. The third-order valence-corrected chi connectivity index (χ3v) is 4.66. The van der Waals surface area contributed by atoms with Gasteiger partial charge in [-0.25, -0.2) is 0 Å². The predicted octanol–water partition coefficient (Wildman–Crippen LogP) is 2.89. The molecule has 1 saturated heterocycles. The lowest BCUT2D eigenvalue weighted by atomic mass is 9.82. The van der Waals surface area contributed by atoms with Crippen molar-refractivity contribution < 1.29 is 0 Å². The average Bonchev–Trinajstić information content (AvgIpc) is 2.74. The fraction of sp³-hybridized carbons (Fsp3) is 1.00. The van der Waals surface area contributed by atoms with Gasteiger partial charge >= 0.3 is 0 Å². The lowest BCUT2D eigenvalue weighted by molar-refractivity contribution is 0.120. The Balaban J connectivity index is 1.93. The van der Waals surface area contributed by atoms with Crippen LogP contribution in [-0.2, 0) is 0 Å².